The van der Waals surface area contributed by atoms with Gasteiger partial charge < -0.3 is 0 Å². The second-order valence-corrected chi connectivity index (χ2v) is 7.98. The van der Waals surface area contributed by atoms with Crippen LogP contribution in [0.4, 0.5) is 4.39 Å². The van der Waals surface area contributed by atoms with Gasteiger partial charge in [-0.1, -0.05) is 0 Å². The van der Waals surface area contributed by atoms with Gasteiger partial charge in [0.05, 0.1) is 0 Å². The van der Waals surface area contributed by atoms with Crippen molar-refractivity contribution in [3.8, 4) is 0 Å². The number of carbonyl (C=O) groups is 1. The van der Waals surface area contributed by atoms with E-state index >= 15 is 4.39 Å². The Labute approximate surface area is 148 Å². The molecular weight excluding hydrogens is 374 g/mol. The Morgan fingerprint density at radius 1 is 1.17 bits per heavy atom. The zero-order valence-corrected chi connectivity index (χ0v) is 15.2. The first kappa shape index (κ1) is 18.7. The molecule has 0 spiro atoms. The quantitative estimate of drug-likeness (QED) is 0.551. The fourth-order valence-electron chi connectivity index (χ4n) is 2.27. The minimum absolute atomic E-state index is 0.0841. The van der Waals surface area contributed by atoms with Gasteiger partial charge in [0.1, 0.15) is 0 Å². The molecule has 24 heavy (non-hydrogen) atoms. The minimum atomic E-state index is -2.39. The molecule has 0 unspecified atom stereocenters. The molecule has 0 aliphatic carbocycles. The molecule has 0 aliphatic rings. The summed E-state index contributed by atoms with van der Waals surface area (Å²) in [5.74, 6) is -0.977. The molecule has 0 heterocycles. The number of alkyl halides is 1. The molecule has 2 rings (SSSR count). The molecule has 0 saturated carbocycles. The molecule has 0 aliphatic heterocycles. The van der Waals surface area contributed by atoms with Crippen LogP contribution in [0.5, 0.6) is 0 Å². The molecule has 3 nitrogen and oxygen atoms in total. The van der Waals surface area contributed by atoms with Crippen molar-refractivity contribution in [1.82, 2.24) is 0 Å². The Kier molecular flexibility index (Phi) is 6.98. The van der Waals surface area contributed by atoms with Crippen molar-refractivity contribution in [2.75, 3.05) is 6.61 Å². The van der Waals surface area contributed by atoms with E-state index in [1.165, 1.54) is 0 Å². The summed E-state index contributed by atoms with van der Waals surface area (Å²) in [6.45, 7) is 1.71. The summed E-state index contributed by atoms with van der Waals surface area (Å²) in [6.07, 6.45) is -0.747. The van der Waals surface area contributed by atoms with Crippen molar-refractivity contribution in [3.63, 3.8) is 0 Å². The van der Waals surface area contributed by atoms with Crippen LogP contribution in [-0.4, -0.2) is 43.3 Å². The standard InChI is InChI=1S/C19H21FO3Se/c1-2-23-18(22)19(20,24-16-11-7-4-8-12-16)17(21)14-13-15-9-5-3-6-10-15/h3-12,17,21H,2,13-14H2,1H3/t17-,19-/m1/s1. The van der Waals surface area contributed by atoms with Gasteiger partial charge in [0.15, 0.2) is 0 Å². The third-order valence-corrected chi connectivity index (χ3v) is 6.15. The van der Waals surface area contributed by atoms with E-state index < -0.39 is 31.6 Å². The van der Waals surface area contributed by atoms with Crippen LogP contribution in [-0.2, 0) is 16.0 Å². The second kappa shape index (κ2) is 8.97. The number of halogens is 1. The summed E-state index contributed by atoms with van der Waals surface area (Å²) in [5, 5.41) is 10.4. The number of aliphatic hydroxyl groups excluding tert-OH is 1. The number of aryl methyl sites for hydroxylation is 1. The molecule has 128 valence electrons. The molecule has 2 atom stereocenters. The third-order valence-electron chi connectivity index (χ3n) is 3.54. The fraction of sp³-hybridized carbons (Fsp3) is 0.316. The topological polar surface area (TPSA) is 46.5 Å². The van der Waals surface area contributed by atoms with Crippen molar-refractivity contribution in [2.45, 2.75) is 30.4 Å². The normalized spacial score (nSPS) is 14.6. The molecule has 0 radical (unpaired) electrons. The van der Waals surface area contributed by atoms with Crippen LogP contribution < -0.4 is 4.46 Å². The number of aliphatic hydroxyl groups is 1. The first-order valence-electron chi connectivity index (χ1n) is 7.88. The third kappa shape index (κ3) is 4.91. The molecule has 1 N–H and O–H groups in total. The number of esters is 1. The molecule has 0 amide bonds. The zero-order chi connectivity index (χ0) is 17.4. The van der Waals surface area contributed by atoms with Gasteiger partial charge in [-0.05, 0) is 0 Å². The van der Waals surface area contributed by atoms with Gasteiger partial charge in [-0.15, -0.1) is 0 Å². The zero-order valence-electron chi connectivity index (χ0n) is 13.5. The van der Waals surface area contributed by atoms with Crippen LogP contribution in [0, 0.1) is 0 Å². The Morgan fingerprint density at radius 3 is 2.33 bits per heavy atom. The Morgan fingerprint density at radius 2 is 1.75 bits per heavy atom. The van der Waals surface area contributed by atoms with Crippen molar-refractivity contribution < 1.29 is 19.0 Å². The first-order chi connectivity index (χ1) is 11.6. The molecular formula is C19H21FO3Se. The van der Waals surface area contributed by atoms with Crippen molar-refractivity contribution >= 4 is 25.4 Å². The van der Waals surface area contributed by atoms with E-state index in [-0.39, 0.29) is 13.0 Å². The second-order valence-electron chi connectivity index (χ2n) is 5.32. The van der Waals surface area contributed by atoms with Gasteiger partial charge in [0, 0.05) is 0 Å². The van der Waals surface area contributed by atoms with E-state index in [0.29, 0.717) is 10.9 Å². The van der Waals surface area contributed by atoms with Gasteiger partial charge in [0.2, 0.25) is 0 Å². The van der Waals surface area contributed by atoms with Crippen LogP contribution in [0.25, 0.3) is 0 Å². The van der Waals surface area contributed by atoms with Gasteiger partial charge in [-0.2, -0.15) is 0 Å². The Bertz CT molecular complexity index is 636. The van der Waals surface area contributed by atoms with Crippen LogP contribution in [0.15, 0.2) is 60.7 Å². The summed E-state index contributed by atoms with van der Waals surface area (Å²) in [5.41, 5.74) is 0.995. The summed E-state index contributed by atoms with van der Waals surface area (Å²) >= 11 is -0.878. The maximum absolute atomic E-state index is 15.5. The van der Waals surface area contributed by atoms with Crippen LogP contribution in [0.3, 0.4) is 0 Å². The maximum atomic E-state index is 15.5. The fourth-order valence-corrected chi connectivity index (χ4v) is 4.44. The monoisotopic (exact) mass is 396 g/mol. The predicted molar refractivity (Wildman–Crippen MR) is 93.1 cm³/mol. The summed E-state index contributed by atoms with van der Waals surface area (Å²) < 4.78 is 18.7. The Balaban J connectivity index is 2.13. The summed E-state index contributed by atoms with van der Waals surface area (Å²) in [7, 11) is 0. The van der Waals surface area contributed by atoms with Crippen molar-refractivity contribution in [3.05, 3.63) is 66.2 Å². The SMILES string of the molecule is CCOC(=O)[C@](F)([Se]c1ccccc1)[C@H](O)CCc1ccccc1. The number of hydrogen-bond acceptors (Lipinski definition) is 3. The van der Waals surface area contributed by atoms with E-state index in [2.05, 4.69) is 0 Å². The summed E-state index contributed by atoms with van der Waals surface area (Å²) in [4.78, 5) is 12.2. The molecule has 2 aromatic rings. The van der Waals surface area contributed by atoms with E-state index in [9.17, 15) is 9.90 Å². The average molecular weight is 395 g/mol. The van der Waals surface area contributed by atoms with E-state index in [1.54, 1.807) is 31.2 Å². The van der Waals surface area contributed by atoms with Crippen LogP contribution in [0.2, 0.25) is 0 Å². The van der Waals surface area contributed by atoms with Gasteiger partial charge in [-0.3, -0.25) is 0 Å². The van der Waals surface area contributed by atoms with Gasteiger partial charge in [-0.25, -0.2) is 0 Å². The van der Waals surface area contributed by atoms with E-state index in [1.807, 2.05) is 36.4 Å². The molecule has 0 bridgehead atoms. The number of benzene rings is 2. The van der Waals surface area contributed by atoms with Crippen molar-refractivity contribution in [2.24, 2.45) is 0 Å². The molecule has 0 aromatic heterocycles. The molecule has 5 heteroatoms. The van der Waals surface area contributed by atoms with Gasteiger partial charge in [0.25, 0.3) is 0 Å². The number of rotatable bonds is 8. The molecule has 0 saturated heterocycles. The van der Waals surface area contributed by atoms with E-state index in [0.717, 1.165) is 5.56 Å². The number of hydrogen-bond donors (Lipinski definition) is 1. The average Bonchev–Trinajstić information content (AvgIpc) is 2.61. The summed E-state index contributed by atoms with van der Waals surface area (Å²) in [6, 6.07) is 18.4. The predicted octanol–water partition coefficient (Wildman–Crippen LogP) is 2.24. The van der Waals surface area contributed by atoms with Crippen LogP contribution in [0.1, 0.15) is 18.9 Å². The van der Waals surface area contributed by atoms with Crippen LogP contribution >= 0.6 is 0 Å². The number of ether oxygens (including phenoxy) is 1. The Hall–Kier alpha value is -1.68. The first-order valence-corrected chi connectivity index (χ1v) is 9.59. The number of carbonyl (C=O) groups excluding carboxylic acids is 1. The molecule has 0 fully saturated rings. The molecule has 2 aromatic carbocycles. The van der Waals surface area contributed by atoms with E-state index in [4.69, 9.17) is 4.74 Å². The van der Waals surface area contributed by atoms with Crippen molar-refractivity contribution in [1.29, 1.82) is 0 Å². The van der Waals surface area contributed by atoms with Gasteiger partial charge >= 0.3 is 148 Å².